The molecule has 2 N–H and O–H groups in total. The van der Waals surface area contributed by atoms with E-state index in [2.05, 4.69) is 5.32 Å². The maximum atomic E-state index is 10.7. The summed E-state index contributed by atoms with van der Waals surface area (Å²) in [7, 11) is 0. The van der Waals surface area contributed by atoms with Crippen molar-refractivity contribution in [3.05, 3.63) is 39.9 Å². The number of carboxylic acid groups (broad SMARTS) is 1. The molecule has 102 valence electrons. The van der Waals surface area contributed by atoms with Crippen molar-refractivity contribution >= 4 is 29.8 Å². The predicted molar refractivity (Wildman–Crippen MR) is 69.9 cm³/mol. The predicted octanol–water partition coefficient (Wildman–Crippen LogP) is 1.03. The Morgan fingerprint density at radius 1 is 1.47 bits per heavy atom. The van der Waals surface area contributed by atoms with Crippen LogP contribution in [0.4, 0.5) is 5.69 Å². The normalized spacial score (nSPS) is 11.6. The van der Waals surface area contributed by atoms with Crippen LogP contribution < -0.4 is 5.32 Å². The fourth-order valence-electron chi connectivity index (χ4n) is 1.28. The van der Waals surface area contributed by atoms with Gasteiger partial charge < -0.3 is 10.4 Å². The van der Waals surface area contributed by atoms with Crippen LogP contribution in [0, 0.1) is 10.1 Å². The largest absolute Gasteiger partial charge is 0.480 e. The lowest BCUT2D eigenvalue weighted by Gasteiger charge is -2.10. The van der Waals surface area contributed by atoms with Gasteiger partial charge in [-0.25, -0.2) is 4.79 Å². The maximum Gasteiger partial charge on any atom is 0.327 e. The van der Waals surface area contributed by atoms with Gasteiger partial charge in [-0.05, 0) is 5.56 Å². The number of carboxylic acids is 1. The molecule has 1 atom stereocenters. The number of nitro benzene ring substituents is 1. The van der Waals surface area contributed by atoms with Gasteiger partial charge in [-0.1, -0.05) is 12.1 Å². The number of hydrogen-bond acceptors (Lipinski definition) is 5. The Labute approximate surface area is 113 Å². The van der Waals surface area contributed by atoms with Crippen molar-refractivity contribution in [2.75, 3.05) is 5.75 Å². The molecular formula is C11H12N2O5S. The van der Waals surface area contributed by atoms with E-state index in [0.29, 0.717) is 12.2 Å². The van der Waals surface area contributed by atoms with Crippen molar-refractivity contribution in [3.63, 3.8) is 0 Å². The Balaban J connectivity index is 2.46. The maximum absolute atomic E-state index is 10.7. The molecule has 0 saturated heterocycles. The summed E-state index contributed by atoms with van der Waals surface area (Å²) in [5, 5.41) is 21.4. The number of nitrogens with zero attached hydrogens (tertiary/aromatic N) is 1. The van der Waals surface area contributed by atoms with Crippen molar-refractivity contribution < 1.29 is 19.6 Å². The molecule has 0 saturated carbocycles. The summed E-state index contributed by atoms with van der Waals surface area (Å²) in [5.41, 5.74) is 0.866. The second-order valence-electron chi connectivity index (χ2n) is 3.61. The van der Waals surface area contributed by atoms with Crippen LogP contribution in [0.3, 0.4) is 0 Å². The SMILES string of the molecule is O=CNC(CSCc1ccc([N+](=O)[O-])cc1)C(=O)O. The molecule has 0 fully saturated rings. The molecule has 0 heterocycles. The van der Waals surface area contributed by atoms with Crippen molar-refractivity contribution in [2.45, 2.75) is 11.8 Å². The van der Waals surface area contributed by atoms with E-state index in [4.69, 9.17) is 5.11 Å². The van der Waals surface area contributed by atoms with Crippen LogP contribution in [0.2, 0.25) is 0 Å². The molecule has 0 aliphatic carbocycles. The number of carbonyl (C=O) groups is 2. The number of non-ortho nitro benzene ring substituents is 1. The first kappa shape index (κ1) is 15.0. The van der Waals surface area contributed by atoms with Gasteiger partial charge in [-0.2, -0.15) is 11.8 Å². The van der Waals surface area contributed by atoms with Gasteiger partial charge in [-0.3, -0.25) is 14.9 Å². The number of amides is 1. The number of aliphatic carboxylic acids is 1. The molecule has 1 aromatic carbocycles. The minimum atomic E-state index is -1.09. The van der Waals surface area contributed by atoms with Crippen LogP contribution in [0.5, 0.6) is 0 Å². The van der Waals surface area contributed by atoms with Crippen LogP contribution in [0.1, 0.15) is 5.56 Å². The molecule has 1 rings (SSSR count). The first-order chi connectivity index (χ1) is 9.04. The van der Waals surface area contributed by atoms with Crippen LogP contribution in [0.25, 0.3) is 0 Å². The lowest BCUT2D eigenvalue weighted by atomic mass is 10.2. The van der Waals surface area contributed by atoms with E-state index in [-0.39, 0.29) is 11.4 Å². The second-order valence-corrected chi connectivity index (χ2v) is 4.64. The molecule has 1 amide bonds. The highest BCUT2D eigenvalue weighted by atomic mass is 32.2. The van der Waals surface area contributed by atoms with Gasteiger partial charge >= 0.3 is 5.97 Å². The molecule has 19 heavy (non-hydrogen) atoms. The number of thioether (sulfide) groups is 1. The van der Waals surface area contributed by atoms with Gasteiger partial charge in [0.1, 0.15) is 6.04 Å². The van der Waals surface area contributed by atoms with Gasteiger partial charge in [0, 0.05) is 23.6 Å². The van der Waals surface area contributed by atoms with Crippen molar-refractivity contribution in [3.8, 4) is 0 Å². The Morgan fingerprint density at radius 3 is 2.58 bits per heavy atom. The summed E-state index contributed by atoms with van der Waals surface area (Å²) in [4.78, 5) is 30.9. The second kappa shape index (κ2) is 7.37. The third-order valence-electron chi connectivity index (χ3n) is 2.27. The Bertz CT molecular complexity index is 463. The summed E-state index contributed by atoms with van der Waals surface area (Å²) in [6.07, 6.45) is 0.352. The topological polar surface area (TPSA) is 110 Å². The van der Waals surface area contributed by atoms with E-state index in [1.165, 1.54) is 23.9 Å². The van der Waals surface area contributed by atoms with E-state index in [9.17, 15) is 19.7 Å². The zero-order valence-corrected chi connectivity index (χ0v) is 10.6. The summed E-state index contributed by atoms with van der Waals surface area (Å²) in [6.45, 7) is 0. The average molecular weight is 284 g/mol. The molecule has 7 nitrogen and oxygen atoms in total. The fraction of sp³-hybridized carbons (Fsp3) is 0.273. The molecule has 0 radical (unpaired) electrons. The van der Waals surface area contributed by atoms with E-state index < -0.39 is 16.9 Å². The molecule has 0 aromatic heterocycles. The highest BCUT2D eigenvalue weighted by Crippen LogP contribution is 2.17. The van der Waals surface area contributed by atoms with Gasteiger partial charge in [-0.15, -0.1) is 0 Å². The van der Waals surface area contributed by atoms with E-state index >= 15 is 0 Å². The Morgan fingerprint density at radius 2 is 2.11 bits per heavy atom. The molecule has 0 spiro atoms. The minimum absolute atomic E-state index is 0.0137. The molecule has 0 aliphatic rings. The van der Waals surface area contributed by atoms with Crippen molar-refractivity contribution in [1.82, 2.24) is 5.32 Å². The average Bonchev–Trinajstić information content (AvgIpc) is 2.38. The minimum Gasteiger partial charge on any atom is -0.480 e. The zero-order valence-electron chi connectivity index (χ0n) is 9.81. The van der Waals surface area contributed by atoms with Crippen molar-refractivity contribution in [1.29, 1.82) is 0 Å². The first-order valence-corrected chi connectivity index (χ1v) is 6.43. The monoisotopic (exact) mass is 284 g/mol. The van der Waals surface area contributed by atoms with Gasteiger partial charge in [0.05, 0.1) is 4.92 Å². The summed E-state index contributed by atoms with van der Waals surface area (Å²) in [6, 6.07) is 5.10. The van der Waals surface area contributed by atoms with E-state index in [1.54, 1.807) is 12.1 Å². The van der Waals surface area contributed by atoms with Crippen LogP contribution in [0.15, 0.2) is 24.3 Å². The number of rotatable bonds is 8. The van der Waals surface area contributed by atoms with Crippen LogP contribution in [-0.4, -0.2) is 34.2 Å². The standard InChI is InChI=1S/C11H12N2O5S/c14-7-12-10(11(15)16)6-19-5-8-1-3-9(4-2-8)13(17)18/h1-4,7,10H,5-6H2,(H,12,14)(H,15,16). The molecule has 0 bridgehead atoms. The Hall–Kier alpha value is -2.09. The molecule has 1 aromatic rings. The number of benzene rings is 1. The smallest absolute Gasteiger partial charge is 0.327 e. The molecule has 0 aliphatic heterocycles. The lowest BCUT2D eigenvalue weighted by Crippen LogP contribution is -2.37. The fourth-order valence-corrected chi connectivity index (χ4v) is 2.30. The first-order valence-electron chi connectivity index (χ1n) is 5.28. The van der Waals surface area contributed by atoms with Crippen LogP contribution in [-0.2, 0) is 15.3 Å². The third-order valence-corrected chi connectivity index (χ3v) is 3.37. The number of carbonyl (C=O) groups excluding carboxylic acids is 1. The highest BCUT2D eigenvalue weighted by molar-refractivity contribution is 7.98. The number of hydrogen-bond donors (Lipinski definition) is 2. The van der Waals surface area contributed by atoms with Crippen molar-refractivity contribution in [2.24, 2.45) is 0 Å². The summed E-state index contributed by atoms with van der Waals surface area (Å²) < 4.78 is 0. The lowest BCUT2D eigenvalue weighted by molar-refractivity contribution is -0.384. The quantitative estimate of drug-likeness (QED) is 0.419. The molecule has 1 unspecified atom stereocenters. The number of nitrogens with one attached hydrogen (secondary N) is 1. The summed E-state index contributed by atoms with van der Waals surface area (Å²) in [5.74, 6) is -0.351. The van der Waals surface area contributed by atoms with Gasteiger partial charge in [0.2, 0.25) is 6.41 Å². The molecule has 8 heteroatoms. The van der Waals surface area contributed by atoms with E-state index in [0.717, 1.165) is 5.56 Å². The zero-order chi connectivity index (χ0) is 14.3. The highest BCUT2D eigenvalue weighted by Gasteiger charge is 2.15. The third kappa shape index (κ3) is 4.96. The van der Waals surface area contributed by atoms with E-state index in [1.807, 2.05) is 0 Å². The van der Waals surface area contributed by atoms with Gasteiger partial charge in [0.25, 0.3) is 5.69 Å². The van der Waals surface area contributed by atoms with Crippen LogP contribution >= 0.6 is 11.8 Å². The molecular weight excluding hydrogens is 272 g/mol. The van der Waals surface area contributed by atoms with Gasteiger partial charge in [0.15, 0.2) is 0 Å². The Kier molecular flexibility index (Phi) is 5.80. The summed E-state index contributed by atoms with van der Waals surface area (Å²) >= 11 is 1.32. The number of nitro groups is 1.